The number of hydrogen-bond donors (Lipinski definition) is 1. The van der Waals surface area contributed by atoms with Crippen molar-refractivity contribution in [2.75, 3.05) is 0 Å². The Morgan fingerprint density at radius 3 is 2.36 bits per heavy atom. The molecule has 2 amide bonds. The van der Waals surface area contributed by atoms with Gasteiger partial charge >= 0.3 is 6.09 Å². The van der Waals surface area contributed by atoms with E-state index in [0.29, 0.717) is 11.3 Å². The van der Waals surface area contributed by atoms with Crippen LogP contribution in [0.3, 0.4) is 0 Å². The molecule has 15 heteroatoms. The van der Waals surface area contributed by atoms with Crippen molar-refractivity contribution in [1.82, 2.24) is 24.9 Å². The van der Waals surface area contributed by atoms with Crippen LogP contribution in [0.1, 0.15) is 46.4 Å². The number of primary sulfonamides is 1. The van der Waals surface area contributed by atoms with Gasteiger partial charge in [0.05, 0.1) is 28.3 Å². The first-order valence-corrected chi connectivity index (χ1v) is 13.3. The minimum Gasteiger partial charge on any atom is -0.443 e. The third kappa shape index (κ3) is 7.42. The fraction of sp³-hybridized carbons (Fsp3) is 0.375. The van der Waals surface area contributed by atoms with Crippen molar-refractivity contribution in [3.05, 3.63) is 64.6 Å². The van der Waals surface area contributed by atoms with Crippen molar-refractivity contribution in [3.8, 4) is 11.3 Å². The van der Waals surface area contributed by atoms with Gasteiger partial charge in [-0.1, -0.05) is 31.2 Å². The molecular formula is C24H29N7O7S. The standard InChI is InChI=1S/C24H29N7O7S/c1-15(2)21(30-14-20(27-28-30)16-6-8-19(9-7-16)39(25,36)37)22(32)29(23(33)38-24(3,4)5)13-17-12-18(31(34)35)10-11-26-17/h6-12,14-15,21H,13H2,1-5H3,(H2,25,36,37)/t21-/m1/s1. The zero-order valence-electron chi connectivity index (χ0n) is 22.0. The maximum atomic E-state index is 13.8. The Kier molecular flexibility index (Phi) is 8.45. The summed E-state index contributed by atoms with van der Waals surface area (Å²) in [6.07, 6.45) is 1.76. The molecule has 39 heavy (non-hydrogen) atoms. The van der Waals surface area contributed by atoms with Gasteiger partial charge in [-0.25, -0.2) is 27.9 Å². The van der Waals surface area contributed by atoms with Gasteiger partial charge in [0, 0.05) is 23.9 Å². The van der Waals surface area contributed by atoms with E-state index in [1.165, 1.54) is 53.5 Å². The lowest BCUT2D eigenvalue weighted by Crippen LogP contribution is -2.45. The fourth-order valence-corrected chi connectivity index (χ4v) is 4.12. The summed E-state index contributed by atoms with van der Waals surface area (Å²) in [5.41, 5.74) is -0.193. The number of nitrogens with zero attached hydrogens (tertiary/aromatic N) is 6. The number of pyridine rings is 1. The molecule has 0 aliphatic heterocycles. The molecule has 2 heterocycles. The third-order valence-corrected chi connectivity index (χ3v) is 6.30. The Morgan fingerprint density at radius 1 is 1.18 bits per heavy atom. The highest BCUT2D eigenvalue weighted by molar-refractivity contribution is 7.89. The molecule has 208 valence electrons. The van der Waals surface area contributed by atoms with Crippen LogP contribution in [0.5, 0.6) is 0 Å². The zero-order chi connectivity index (χ0) is 29.1. The first-order valence-electron chi connectivity index (χ1n) is 11.8. The molecule has 14 nitrogen and oxygen atoms in total. The maximum absolute atomic E-state index is 13.8. The molecule has 0 bridgehead atoms. The van der Waals surface area contributed by atoms with Crippen molar-refractivity contribution in [1.29, 1.82) is 0 Å². The van der Waals surface area contributed by atoms with Gasteiger partial charge in [0.1, 0.15) is 17.3 Å². The van der Waals surface area contributed by atoms with Gasteiger partial charge in [0.25, 0.3) is 11.6 Å². The van der Waals surface area contributed by atoms with Crippen LogP contribution in [-0.4, -0.2) is 55.8 Å². The van der Waals surface area contributed by atoms with Crippen molar-refractivity contribution >= 4 is 27.7 Å². The van der Waals surface area contributed by atoms with E-state index in [9.17, 15) is 28.1 Å². The summed E-state index contributed by atoms with van der Waals surface area (Å²) in [6, 6.07) is 7.01. The van der Waals surface area contributed by atoms with Crippen molar-refractivity contribution < 1.29 is 27.7 Å². The van der Waals surface area contributed by atoms with E-state index in [1.54, 1.807) is 34.6 Å². The number of nitrogens with two attached hydrogens (primary N) is 1. The molecule has 2 N–H and O–H groups in total. The zero-order valence-corrected chi connectivity index (χ0v) is 22.8. The Balaban J connectivity index is 1.97. The number of amides is 2. The molecular weight excluding hydrogens is 530 g/mol. The Morgan fingerprint density at radius 2 is 1.82 bits per heavy atom. The van der Waals surface area contributed by atoms with E-state index in [4.69, 9.17) is 9.88 Å². The molecule has 0 saturated carbocycles. The molecule has 0 fully saturated rings. The predicted molar refractivity (Wildman–Crippen MR) is 138 cm³/mol. The summed E-state index contributed by atoms with van der Waals surface area (Å²) in [6.45, 7) is 8.06. The number of carbonyl (C=O) groups excluding carboxylic acids is 2. The second kappa shape index (κ2) is 11.2. The minimum absolute atomic E-state index is 0.0726. The van der Waals surface area contributed by atoms with E-state index in [0.717, 1.165) is 4.90 Å². The smallest absolute Gasteiger partial charge is 0.417 e. The summed E-state index contributed by atoms with van der Waals surface area (Å²) in [5.74, 6) is -1.06. The summed E-state index contributed by atoms with van der Waals surface area (Å²) in [7, 11) is -3.87. The Hall–Kier alpha value is -4.24. The lowest BCUT2D eigenvalue weighted by atomic mass is 10.0. The number of aromatic nitrogens is 4. The molecule has 0 saturated heterocycles. The average Bonchev–Trinajstić information content (AvgIpc) is 3.30. The van der Waals surface area contributed by atoms with Gasteiger partial charge in [0.2, 0.25) is 10.0 Å². The summed E-state index contributed by atoms with van der Waals surface area (Å²) in [4.78, 5) is 42.4. The van der Waals surface area contributed by atoms with Gasteiger partial charge < -0.3 is 4.74 Å². The SMILES string of the molecule is CC(C)[C@H](C(=O)N(Cc1cc([N+](=O)[O-])ccn1)C(=O)OC(C)(C)C)n1cc(-c2ccc(S(N)(=O)=O)cc2)nn1. The van der Waals surface area contributed by atoms with E-state index >= 15 is 0 Å². The molecule has 2 aromatic heterocycles. The molecule has 0 aliphatic carbocycles. The largest absolute Gasteiger partial charge is 0.443 e. The Bertz CT molecular complexity index is 1480. The highest BCUT2D eigenvalue weighted by atomic mass is 32.2. The average molecular weight is 560 g/mol. The van der Waals surface area contributed by atoms with Crippen LogP contribution in [0.15, 0.2) is 53.7 Å². The highest BCUT2D eigenvalue weighted by Crippen LogP contribution is 2.26. The highest BCUT2D eigenvalue weighted by Gasteiger charge is 2.36. The number of rotatable bonds is 8. The number of carbonyl (C=O) groups is 2. The van der Waals surface area contributed by atoms with Crippen LogP contribution in [0.4, 0.5) is 10.5 Å². The fourth-order valence-electron chi connectivity index (χ4n) is 3.60. The first kappa shape index (κ1) is 29.3. The predicted octanol–water partition coefficient (Wildman–Crippen LogP) is 3.06. The van der Waals surface area contributed by atoms with Crippen LogP contribution < -0.4 is 5.14 Å². The lowest BCUT2D eigenvalue weighted by Gasteiger charge is -2.29. The number of nitro groups is 1. The second-order valence-electron chi connectivity index (χ2n) is 10.0. The molecule has 0 spiro atoms. The van der Waals surface area contributed by atoms with Gasteiger partial charge in [-0.2, -0.15) is 0 Å². The van der Waals surface area contributed by atoms with Crippen LogP contribution in [0.2, 0.25) is 0 Å². The van der Waals surface area contributed by atoms with E-state index < -0.39 is 38.6 Å². The molecule has 1 atom stereocenters. The Labute approximate surface area is 225 Å². The number of benzene rings is 1. The molecule has 3 rings (SSSR count). The van der Waals surface area contributed by atoms with Crippen molar-refractivity contribution in [2.24, 2.45) is 11.1 Å². The number of sulfonamides is 1. The molecule has 1 aromatic carbocycles. The van der Waals surface area contributed by atoms with Gasteiger partial charge in [0.15, 0.2) is 0 Å². The van der Waals surface area contributed by atoms with Crippen molar-refractivity contribution in [2.45, 2.75) is 57.7 Å². The van der Waals surface area contributed by atoms with Crippen molar-refractivity contribution in [3.63, 3.8) is 0 Å². The van der Waals surface area contributed by atoms with E-state index in [1.807, 2.05) is 0 Å². The molecule has 0 unspecified atom stereocenters. The topological polar surface area (TPSA) is 194 Å². The van der Waals surface area contributed by atoms with Crippen LogP contribution in [0.25, 0.3) is 11.3 Å². The second-order valence-corrected chi connectivity index (χ2v) is 11.6. The summed E-state index contributed by atoms with van der Waals surface area (Å²) >= 11 is 0. The quantitative estimate of drug-likeness (QED) is 0.316. The van der Waals surface area contributed by atoms with Crippen LogP contribution in [0, 0.1) is 16.0 Å². The van der Waals surface area contributed by atoms with Crippen LogP contribution in [-0.2, 0) is 26.1 Å². The maximum Gasteiger partial charge on any atom is 0.417 e. The summed E-state index contributed by atoms with van der Waals surface area (Å²) < 4.78 is 29.8. The van der Waals surface area contributed by atoms with Gasteiger partial charge in [-0.3, -0.25) is 19.9 Å². The number of ether oxygens (including phenoxy) is 1. The lowest BCUT2D eigenvalue weighted by molar-refractivity contribution is -0.385. The first-order chi connectivity index (χ1) is 18.1. The molecule has 0 radical (unpaired) electrons. The third-order valence-electron chi connectivity index (χ3n) is 5.37. The number of hydrogen-bond acceptors (Lipinski definition) is 10. The van der Waals surface area contributed by atoms with Gasteiger partial charge in [-0.15, -0.1) is 5.10 Å². The molecule has 0 aliphatic rings. The minimum atomic E-state index is -3.87. The van der Waals surface area contributed by atoms with Gasteiger partial charge in [-0.05, 0) is 38.8 Å². The van der Waals surface area contributed by atoms with E-state index in [-0.39, 0.29) is 28.7 Å². The monoisotopic (exact) mass is 559 g/mol. The van der Waals surface area contributed by atoms with E-state index in [2.05, 4.69) is 15.3 Å². The number of imide groups is 1. The summed E-state index contributed by atoms with van der Waals surface area (Å²) in [5, 5.41) is 24.5. The molecule has 3 aromatic rings. The normalized spacial score (nSPS) is 12.7. The van der Waals surface area contributed by atoms with Crippen LogP contribution >= 0.6 is 0 Å².